The van der Waals surface area contributed by atoms with Gasteiger partial charge in [0.2, 0.25) is 5.91 Å². The molecule has 1 aromatic heterocycles. The first kappa shape index (κ1) is 19.9. The van der Waals surface area contributed by atoms with Crippen LogP contribution in [0.15, 0.2) is 47.1 Å². The molecule has 8 heteroatoms. The topological polar surface area (TPSA) is 88.9 Å². The average molecular weight is 405 g/mol. The van der Waals surface area contributed by atoms with Gasteiger partial charge in [0.25, 0.3) is 5.91 Å². The number of hydrogen-bond donors (Lipinski definition) is 1. The van der Waals surface area contributed by atoms with E-state index in [0.717, 1.165) is 5.56 Å². The van der Waals surface area contributed by atoms with E-state index < -0.39 is 11.9 Å². The van der Waals surface area contributed by atoms with Crippen LogP contribution in [0.5, 0.6) is 0 Å². The molecule has 1 N–H and O–H groups in total. The highest BCUT2D eigenvalue weighted by molar-refractivity contribution is 6.30. The minimum absolute atomic E-state index is 0.0811. The summed E-state index contributed by atoms with van der Waals surface area (Å²) in [5.41, 5.74) is 1.04. The lowest BCUT2D eigenvalue weighted by Crippen LogP contribution is -2.32. The third-order valence-electron chi connectivity index (χ3n) is 4.47. The van der Waals surface area contributed by atoms with Crippen LogP contribution in [0.2, 0.25) is 5.02 Å². The molecule has 7 nitrogen and oxygen atoms in total. The van der Waals surface area contributed by atoms with Gasteiger partial charge in [-0.25, -0.2) is 0 Å². The second-order valence-corrected chi connectivity index (χ2v) is 7.03. The lowest BCUT2D eigenvalue weighted by molar-refractivity contribution is -0.152. The number of furan rings is 1. The summed E-state index contributed by atoms with van der Waals surface area (Å²) in [6.07, 6.45) is 2.26. The zero-order valence-electron chi connectivity index (χ0n) is 15.2. The summed E-state index contributed by atoms with van der Waals surface area (Å²) in [4.78, 5) is 37.6. The summed E-state index contributed by atoms with van der Waals surface area (Å²) in [7, 11) is 0. The molecule has 28 heavy (non-hydrogen) atoms. The molecule has 1 atom stereocenters. The lowest BCUT2D eigenvalue weighted by Gasteiger charge is -2.14. The van der Waals surface area contributed by atoms with Gasteiger partial charge >= 0.3 is 5.97 Å². The SMILES string of the molecule is O=C(COC(=O)[C@H]1CC(=O)N(Cc2ccco2)C1)NCCc1ccc(Cl)cc1. The Balaban J connectivity index is 1.36. The maximum Gasteiger partial charge on any atom is 0.311 e. The molecule has 0 saturated carbocycles. The molecule has 1 fully saturated rings. The number of likely N-dealkylation sites (tertiary alicyclic amines) is 1. The standard InChI is InChI=1S/C20H21ClN2O5/c21-16-5-3-14(4-6-16)7-8-22-18(24)13-28-20(26)15-10-19(25)23(11-15)12-17-2-1-9-27-17/h1-6,9,15H,7-8,10-13H2,(H,22,24)/t15-/m0/s1. The fraction of sp³-hybridized carbons (Fsp3) is 0.350. The summed E-state index contributed by atoms with van der Waals surface area (Å²) in [6.45, 7) is 0.649. The van der Waals surface area contributed by atoms with Crippen LogP contribution in [-0.4, -0.2) is 42.4 Å². The van der Waals surface area contributed by atoms with E-state index in [9.17, 15) is 14.4 Å². The van der Waals surface area contributed by atoms with Crippen LogP contribution in [0, 0.1) is 5.92 Å². The Kier molecular flexibility index (Phi) is 6.71. The van der Waals surface area contributed by atoms with Crippen LogP contribution in [0.25, 0.3) is 0 Å². The third kappa shape index (κ3) is 5.60. The van der Waals surface area contributed by atoms with Crippen molar-refractivity contribution in [3.63, 3.8) is 0 Å². The highest BCUT2D eigenvalue weighted by Gasteiger charge is 2.35. The molecule has 0 spiro atoms. The minimum Gasteiger partial charge on any atom is -0.467 e. The highest BCUT2D eigenvalue weighted by atomic mass is 35.5. The van der Waals surface area contributed by atoms with Crippen molar-refractivity contribution >= 4 is 29.4 Å². The molecule has 2 aromatic rings. The average Bonchev–Trinajstić information content (AvgIpc) is 3.32. The van der Waals surface area contributed by atoms with Crippen molar-refractivity contribution in [1.82, 2.24) is 10.2 Å². The van der Waals surface area contributed by atoms with Gasteiger partial charge in [0.05, 0.1) is 18.7 Å². The zero-order valence-corrected chi connectivity index (χ0v) is 16.0. The minimum atomic E-state index is -0.565. The van der Waals surface area contributed by atoms with Gasteiger partial charge in [0.1, 0.15) is 5.76 Å². The van der Waals surface area contributed by atoms with Gasteiger partial charge in [-0.15, -0.1) is 0 Å². The normalized spacial score (nSPS) is 16.2. The summed E-state index contributed by atoms with van der Waals surface area (Å²) < 4.78 is 10.3. The quantitative estimate of drug-likeness (QED) is 0.681. The number of nitrogens with one attached hydrogen (secondary N) is 1. The Labute approximate surface area is 167 Å². The molecule has 2 heterocycles. The number of carbonyl (C=O) groups is 3. The summed E-state index contributed by atoms with van der Waals surface area (Å²) in [5, 5.41) is 3.36. The fourth-order valence-corrected chi connectivity index (χ4v) is 3.10. The van der Waals surface area contributed by atoms with Crippen molar-refractivity contribution in [2.45, 2.75) is 19.4 Å². The Morgan fingerprint density at radius 1 is 1.25 bits per heavy atom. The Hall–Kier alpha value is -2.80. The predicted octanol–water partition coefficient (Wildman–Crippen LogP) is 2.18. The number of ether oxygens (including phenoxy) is 1. The number of benzene rings is 1. The summed E-state index contributed by atoms with van der Waals surface area (Å²) in [5.74, 6) is -0.959. The van der Waals surface area contributed by atoms with Crippen LogP contribution >= 0.6 is 11.6 Å². The number of amides is 2. The van der Waals surface area contributed by atoms with Gasteiger partial charge in [0.15, 0.2) is 6.61 Å². The van der Waals surface area contributed by atoms with Crippen LogP contribution < -0.4 is 5.32 Å². The number of carbonyl (C=O) groups excluding carboxylic acids is 3. The van der Waals surface area contributed by atoms with E-state index in [1.807, 2.05) is 12.1 Å². The monoisotopic (exact) mass is 404 g/mol. The van der Waals surface area contributed by atoms with Crippen molar-refractivity contribution in [3.05, 3.63) is 59.0 Å². The van der Waals surface area contributed by atoms with Gasteiger partial charge in [-0.2, -0.15) is 0 Å². The summed E-state index contributed by atoms with van der Waals surface area (Å²) >= 11 is 5.83. The first-order chi connectivity index (χ1) is 13.5. The lowest BCUT2D eigenvalue weighted by atomic mass is 10.1. The van der Waals surface area contributed by atoms with Gasteiger partial charge < -0.3 is 19.4 Å². The number of hydrogen-bond acceptors (Lipinski definition) is 5. The van der Waals surface area contributed by atoms with Crippen molar-refractivity contribution in [3.8, 4) is 0 Å². The van der Waals surface area contributed by atoms with Crippen LogP contribution in [0.1, 0.15) is 17.7 Å². The van der Waals surface area contributed by atoms with E-state index in [-0.39, 0.29) is 31.4 Å². The Morgan fingerprint density at radius 2 is 2.04 bits per heavy atom. The van der Waals surface area contributed by atoms with E-state index in [4.69, 9.17) is 20.8 Å². The van der Waals surface area contributed by atoms with Crippen molar-refractivity contribution in [2.24, 2.45) is 5.92 Å². The van der Waals surface area contributed by atoms with E-state index in [1.54, 1.807) is 29.2 Å². The smallest absolute Gasteiger partial charge is 0.311 e. The first-order valence-corrected chi connectivity index (χ1v) is 9.37. The molecule has 1 saturated heterocycles. The molecule has 0 radical (unpaired) electrons. The highest BCUT2D eigenvalue weighted by Crippen LogP contribution is 2.21. The zero-order chi connectivity index (χ0) is 19.9. The molecule has 0 bridgehead atoms. The molecular weight excluding hydrogens is 384 g/mol. The van der Waals surface area contributed by atoms with E-state index >= 15 is 0 Å². The molecule has 1 aliphatic rings. The summed E-state index contributed by atoms with van der Waals surface area (Å²) in [6, 6.07) is 10.9. The molecule has 0 aliphatic carbocycles. The fourth-order valence-electron chi connectivity index (χ4n) is 2.98. The largest absolute Gasteiger partial charge is 0.467 e. The van der Waals surface area contributed by atoms with E-state index in [2.05, 4.69) is 5.32 Å². The molecule has 148 valence electrons. The van der Waals surface area contributed by atoms with Gasteiger partial charge in [-0.1, -0.05) is 23.7 Å². The van der Waals surface area contributed by atoms with Gasteiger partial charge in [-0.05, 0) is 36.2 Å². The van der Waals surface area contributed by atoms with Crippen molar-refractivity contribution in [1.29, 1.82) is 0 Å². The predicted molar refractivity (Wildman–Crippen MR) is 101 cm³/mol. The Bertz CT molecular complexity index is 820. The Morgan fingerprint density at radius 3 is 2.75 bits per heavy atom. The maximum absolute atomic E-state index is 12.2. The molecule has 1 aliphatic heterocycles. The first-order valence-electron chi connectivity index (χ1n) is 8.99. The van der Waals surface area contributed by atoms with Gasteiger partial charge in [0, 0.05) is 24.5 Å². The van der Waals surface area contributed by atoms with Crippen LogP contribution in [-0.2, 0) is 32.1 Å². The molecule has 3 rings (SSSR count). The van der Waals surface area contributed by atoms with Crippen molar-refractivity contribution < 1.29 is 23.5 Å². The van der Waals surface area contributed by atoms with E-state index in [0.29, 0.717) is 30.3 Å². The van der Waals surface area contributed by atoms with Crippen LogP contribution in [0.3, 0.4) is 0 Å². The number of halogens is 1. The molecule has 0 unspecified atom stereocenters. The van der Waals surface area contributed by atoms with Crippen molar-refractivity contribution in [2.75, 3.05) is 19.7 Å². The number of nitrogens with zero attached hydrogens (tertiary/aromatic N) is 1. The second-order valence-electron chi connectivity index (χ2n) is 6.59. The number of rotatable bonds is 8. The molecular formula is C20H21ClN2O5. The van der Waals surface area contributed by atoms with Crippen LogP contribution in [0.4, 0.5) is 0 Å². The molecule has 1 aromatic carbocycles. The molecule has 2 amide bonds. The number of esters is 1. The van der Waals surface area contributed by atoms with E-state index in [1.165, 1.54) is 6.26 Å². The second kappa shape index (κ2) is 9.41. The third-order valence-corrected chi connectivity index (χ3v) is 4.72. The van der Waals surface area contributed by atoms with Gasteiger partial charge in [-0.3, -0.25) is 14.4 Å². The maximum atomic E-state index is 12.2.